The van der Waals surface area contributed by atoms with Crippen LogP contribution in [0.15, 0.2) is 113 Å². The van der Waals surface area contributed by atoms with Gasteiger partial charge in [-0.15, -0.1) is 0 Å². The predicted molar refractivity (Wildman–Crippen MR) is 136 cm³/mol. The van der Waals surface area contributed by atoms with Crippen molar-refractivity contribution >= 4 is 23.9 Å². The van der Waals surface area contributed by atoms with E-state index < -0.39 is 38.0 Å². The highest BCUT2D eigenvalue weighted by atomic mass is 28.4. The van der Waals surface area contributed by atoms with Crippen molar-refractivity contribution < 1.29 is 14.3 Å². The van der Waals surface area contributed by atoms with Crippen molar-refractivity contribution in [1.82, 2.24) is 9.55 Å². The number of H-pyrrole nitrogens is 1. The van der Waals surface area contributed by atoms with Crippen LogP contribution in [0.2, 0.25) is 0 Å². The van der Waals surface area contributed by atoms with Crippen molar-refractivity contribution in [2.75, 3.05) is 6.61 Å². The fourth-order valence-electron chi connectivity index (χ4n) is 4.67. The van der Waals surface area contributed by atoms with E-state index in [1.807, 2.05) is 54.6 Å². The summed E-state index contributed by atoms with van der Waals surface area (Å²) in [7, 11) is -2.95. The molecule has 0 bridgehead atoms. The largest absolute Gasteiger partial charge is 0.401 e. The van der Waals surface area contributed by atoms with E-state index in [0.29, 0.717) is 0 Å². The first kappa shape index (κ1) is 23.2. The second-order valence-electron chi connectivity index (χ2n) is 8.54. The summed E-state index contributed by atoms with van der Waals surface area (Å²) >= 11 is 0. The summed E-state index contributed by atoms with van der Waals surface area (Å²) in [6.45, 7) is 0.140. The van der Waals surface area contributed by atoms with E-state index in [0.717, 1.165) is 15.6 Å². The third-order valence-corrected chi connectivity index (χ3v) is 10.4. The Kier molecular flexibility index (Phi) is 6.61. The van der Waals surface area contributed by atoms with Gasteiger partial charge in [0.25, 0.3) is 13.9 Å². The average molecular weight is 487 g/mol. The molecule has 1 saturated heterocycles. The van der Waals surface area contributed by atoms with Crippen molar-refractivity contribution in [3.8, 4) is 0 Å². The molecular weight excluding hydrogens is 460 g/mol. The van der Waals surface area contributed by atoms with Crippen molar-refractivity contribution in [3.05, 3.63) is 124 Å². The summed E-state index contributed by atoms with van der Waals surface area (Å²) in [6.07, 6.45) is -0.547. The molecule has 1 aliphatic rings. The van der Waals surface area contributed by atoms with Crippen molar-refractivity contribution in [2.24, 2.45) is 0 Å². The zero-order chi connectivity index (χ0) is 24.3. The molecule has 1 fully saturated rings. The molecule has 8 heteroatoms. The molecule has 0 amide bonds. The summed E-state index contributed by atoms with van der Waals surface area (Å²) < 4.78 is 14.2. The molecule has 178 valence electrons. The molecule has 3 atom stereocenters. The SMILES string of the molecule is O=c1ccn([C@H]2C[C@H](O)[C@@H](CO[Si](c3ccccc3)(c3ccccc3)c3ccccc3)O2)c(=O)[nH]1. The number of nitrogens with zero attached hydrogens (tertiary/aromatic N) is 1. The van der Waals surface area contributed by atoms with Crippen LogP contribution < -0.4 is 26.8 Å². The number of aliphatic hydroxyl groups excluding tert-OH is 1. The van der Waals surface area contributed by atoms with E-state index in [9.17, 15) is 14.7 Å². The lowest BCUT2D eigenvalue weighted by Gasteiger charge is -2.34. The fraction of sp³-hybridized carbons (Fsp3) is 0.185. The lowest BCUT2D eigenvalue weighted by atomic mass is 10.2. The molecule has 0 spiro atoms. The lowest BCUT2D eigenvalue weighted by molar-refractivity contribution is -0.0416. The van der Waals surface area contributed by atoms with Gasteiger partial charge in [0.2, 0.25) is 0 Å². The Bertz CT molecular complexity index is 1280. The van der Waals surface area contributed by atoms with Gasteiger partial charge in [-0.1, -0.05) is 91.0 Å². The smallest absolute Gasteiger partial charge is 0.330 e. The highest BCUT2D eigenvalue weighted by molar-refractivity contribution is 7.07. The molecule has 1 aliphatic heterocycles. The van der Waals surface area contributed by atoms with Gasteiger partial charge < -0.3 is 14.3 Å². The maximum atomic E-state index is 12.2. The molecule has 4 aromatic rings. The van der Waals surface area contributed by atoms with Crippen LogP contribution in [-0.2, 0) is 9.16 Å². The number of hydrogen-bond donors (Lipinski definition) is 2. The molecule has 1 aromatic heterocycles. The number of aliphatic hydroxyl groups is 1. The fourth-order valence-corrected chi connectivity index (χ4v) is 8.57. The first-order valence-corrected chi connectivity index (χ1v) is 13.4. The predicted octanol–water partition coefficient (Wildman–Crippen LogP) is 0.869. The van der Waals surface area contributed by atoms with Crippen LogP contribution in [0, 0.1) is 0 Å². The Morgan fingerprint density at radius 1 is 0.857 bits per heavy atom. The van der Waals surface area contributed by atoms with Crippen LogP contribution in [0.4, 0.5) is 0 Å². The van der Waals surface area contributed by atoms with Gasteiger partial charge >= 0.3 is 5.69 Å². The topological polar surface area (TPSA) is 93.6 Å². The Morgan fingerprint density at radius 2 is 1.37 bits per heavy atom. The second kappa shape index (κ2) is 9.97. The van der Waals surface area contributed by atoms with E-state index in [-0.39, 0.29) is 13.0 Å². The minimum atomic E-state index is -2.95. The number of benzene rings is 3. The molecule has 3 aromatic carbocycles. The summed E-state index contributed by atoms with van der Waals surface area (Å²) in [6, 6.07) is 31.7. The van der Waals surface area contributed by atoms with Gasteiger partial charge in [0.15, 0.2) is 0 Å². The highest BCUT2D eigenvalue weighted by Gasteiger charge is 2.44. The summed E-state index contributed by atoms with van der Waals surface area (Å²) in [5.41, 5.74) is -1.05. The molecule has 5 rings (SSSR count). The molecule has 2 N–H and O–H groups in total. The molecular formula is C27H26N2O5Si. The van der Waals surface area contributed by atoms with Crippen LogP contribution in [0.25, 0.3) is 0 Å². The average Bonchev–Trinajstić information content (AvgIpc) is 3.26. The minimum absolute atomic E-state index is 0.140. The van der Waals surface area contributed by atoms with E-state index in [1.54, 1.807) is 0 Å². The van der Waals surface area contributed by atoms with Crippen molar-refractivity contribution in [3.63, 3.8) is 0 Å². The van der Waals surface area contributed by atoms with Gasteiger partial charge in [0, 0.05) is 18.7 Å². The molecule has 0 radical (unpaired) electrons. The maximum absolute atomic E-state index is 12.2. The second-order valence-corrected chi connectivity index (χ2v) is 11.9. The summed E-state index contributed by atoms with van der Waals surface area (Å²) in [5, 5.41) is 14.0. The van der Waals surface area contributed by atoms with Crippen LogP contribution >= 0.6 is 0 Å². The van der Waals surface area contributed by atoms with E-state index >= 15 is 0 Å². The quantitative estimate of drug-likeness (QED) is 0.299. The molecule has 0 unspecified atom stereocenters. The number of ether oxygens (including phenoxy) is 1. The highest BCUT2D eigenvalue weighted by Crippen LogP contribution is 2.28. The number of nitrogens with one attached hydrogen (secondary N) is 1. The maximum Gasteiger partial charge on any atom is 0.330 e. The first-order chi connectivity index (χ1) is 17.1. The van der Waals surface area contributed by atoms with Gasteiger partial charge in [-0.25, -0.2) is 4.79 Å². The van der Waals surface area contributed by atoms with E-state index in [1.165, 1.54) is 16.8 Å². The molecule has 2 heterocycles. The minimum Gasteiger partial charge on any atom is -0.401 e. The monoisotopic (exact) mass is 486 g/mol. The normalized spacial score (nSPS) is 20.1. The Balaban J connectivity index is 1.50. The third-order valence-electron chi connectivity index (χ3n) is 6.37. The molecule has 7 nitrogen and oxygen atoms in total. The summed E-state index contributed by atoms with van der Waals surface area (Å²) in [5.74, 6) is 0. The number of rotatable bonds is 7. The standard InChI is InChI=1S/C27H26N2O5Si/c30-23-18-26(29-17-16-25(31)28-27(29)32)34-24(23)19-33-35(20-10-4-1-5-11-20,21-12-6-2-7-13-21)22-14-8-3-9-15-22/h1-17,23-24,26,30H,18-19H2,(H,28,31,32)/t23-,24+,26+/m0/s1. The Labute approximate surface area is 203 Å². The number of aromatic nitrogens is 2. The van der Waals surface area contributed by atoms with E-state index in [2.05, 4.69) is 41.4 Å². The van der Waals surface area contributed by atoms with Crippen LogP contribution in [0.3, 0.4) is 0 Å². The van der Waals surface area contributed by atoms with Gasteiger partial charge in [0.1, 0.15) is 12.3 Å². The van der Waals surface area contributed by atoms with Crippen molar-refractivity contribution in [1.29, 1.82) is 0 Å². The number of aromatic amines is 1. The third kappa shape index (κ3) is 4.56. The van der Waals surface area contributed by atoms with Gasteiger partial charge in [0.05, 0.1) is 12.7 Å². The molecule has 0 saturated carbocycles. The van der Waals surface area contributed by atoms with Gasteiger partial charge in [-0.3, -0.25) is 14.3 Å². The lowest BCUT2D eigenvalue weighted by Crippen LogP contribution is -2.70. The van der Waals surface area contributed by atoms with E-state index in [4.69, 9.17) is 9.16 Å². The molecule has 35 heavy (non-hydrogen) atoms. The van der Waals surface area contributed by atoms with Crippen molar-refractivity contribution in [2.45, 2.75) is 24.9 Å². The van der Waals surface area contributed by atoms with Gasteiger partial charge in [-0.05, 0) is 15.6 Å². The molecule has 0 aliphatic carbocycles. The summed E-state index contributed by atoms with van der Waals surface area (Å²) in [4.78, 5) is 25.9. The zero-order valence-corrected chi connectivity index (χ0v) is 20.0. The van der Waals surface area contributed by atoms with Crippen LogP contribution in [0.1, 0.15) is 12.6 Å². The Hall–Kier alpha value is -3.56. The Morgan fingerprint density at radius 3 is 1.86 bits per heavy atom. The van der Waals surface area contributed by atoms with Crippen LogP contribution in [-0.4, -0.2) is 41.8 Å². The zero-order valence-electron chi connectivity index (χ0n) is 19.0. The van der Waals surface area contributed by atoms with Crippen LogP contribution in [0.5, 0.6) is 0 Å². The first-order valence-electron chi connectivity index (χ1n) is 11.5. The van der Waals surface area contributed by atoms with Gasteiger partial charge in [-0.2, -0.15) is 0 Å². The number of hydrogen-bond acceptors (Lipinski definition) is 5.